The number of rotatable bonds is 5. The lowest BCUT2D eigenvalue weighted by atomic mass is 9.95. The van der Waals surface area contributed by atoms with E-state index in [1.54, 1.807) is 22.6 Å². The lowest BCUT2D eigenvalue weighted by Crippen LogP contribution is -2.60. The fourth-order valence-corrected chi connectivity index (χ4v) is 6.77. The van der Waals surface area contributed by atoms with Crippen molar-refractivity contribution in [3.8, 4) is 0 Å². The Balaban J connectivity index is 1.33. The average Bonchev–Trinajstić information content (AvgIpc) is 3.05. The van der Waals surface area contributed by atoms with Gasteiger partial charge in [0.25, 0.3) is 0 Å². The van der Waals surface area contributed by atoms with Crippen LogP contribution in [0.3, 0.4) is 0 Å². The summed E-state index contributed by atoms with van der Waals surface area (Å²) in [6.45, 7) is 3.59. The lowest BCUT2D eigenvalue weighted by molar-refractivity contribution is 0.0380. The summed E-state index contributed by atoms with van der Waals surface area (Å²) in [5.74, 6) is 0.908. The van der Waals surface area contributed by atoms with Crippen molar-refractivity contribution in [1.82, 2.24) is 9.29 Å². The molecule has 5 nitrogen and oxygen atoms in total. The van der Waals surface area contributed by atoms with Crippen LogP contribution in [-0.2, 0) is 21.4 Å². The Morgan fingerprint density at radius 3 is 2.69 bits per heavy atom. The molecule has 0 saturated carbocycles. The largest absolute Gasteiger partial charge is 0.371 e. The van der Waals surface area contributed by atoms with E-state index in [2.05, 4.69) is 4.98 Å². The van der Waals surface area contributed by atoms with Crippen LogP contribution in [-0.4, -0.2) is 47.4 Å². The predicted molar refractivity (Wildman–Crippen MR) is 103 cm³/mol. The quantitative estimate of drug-likeness (QED) is 0.786. The molecule has 1 aromatic carbocycles. The van der Waals surface area contributed by atoms with Gasteiger partial charge in [0.1, 0.15) is 0 Å². The van der Waals surface area contributed by atoms with Crippen molar-refractivity contribution in [3.63, 3.8) is 0 Å². The fourth-order valence-electron chi connectivity index (χ4n) is 3.44. The molecule has 0 aliphatic carbocycles. The number of pyridine rings is 1. The number of aromatic nitrogens is 1. The monoisotopic (exact) mass is 390 g/mol. The van der Waals surface area contributed by atoms with Crippen LogP contribution in [0.5, 0.6) is 0 Å². The van der Waals surface area contributed by atoms with Crippen molar-refractivity contribution in [1.29, 1.82) is 0 Å². The van der Waals surface area contributed by atoms with Crippen molar-refractivity contribution < 1.29 is 13.2 Å². The topological polar surface area (TPSA) is 59.5 Å². The molecule has 1 aromatic heterocycles. The Labute approximate surface area is 158 Å². The summed E-state index contributed by atoms with van der Waals surface area (Å²) in [4.78, 5) is 4.65. The summed E-state index contributed by atoms with van der Waals surface area (Å²) in [5, 5.41) is 0. The van der Waals surface area contributed by atoms with Crippen molar-refractivity contribution in [3.05, 3.63) is 59.9 Å². The van der Waals surface area contributed by atoms with E-state index in [-0.39, 0.29) is 10.9 Å². The SMILES string of the molecule is Cc1ccc(S(=O)(=O)N2CC3(CC(OCc4ccccn4)CS3)C2)cc1. The van der Waals surface area contributed by atoms with Gasteiger partial charge in [0.05, 0.1) is 23.3 Å². The van der Waals surface area contributed by atoms with Crippen LogP contribution in [0.15, 0.2) is 53.6 Å². The number of aryl methyl sites for hydroxylation is 1. The van der Waals surface area contributed by atoms with Crippen LogP contribution < -0.4 is 0 Å². The van der Waals surface area contributed by atoms with Gasteiger partial charge in [-0.15, -0.1) is 11.8 Å². The van der Waals surface area contributed by atoms with Crippen LogP contribution in [0.25, 0.3) is 0 Å². The standard InChI is InChI=1S/C19H22N2O3S2/c1-15-5-7-18(8-6-15)26(22,23)21-13-19(14-21)10-17(12-25-19)24-11-16-4-2-3-9-20-16/h2-9,17H,10-14H2,1H3. The molecule has 2 saturated heterocycles. The van der Waals surface area contributed by atoms with E-state index in [0.29, 0.717) is 24.6 Å². The van der Waals surface area contributed by atoms with Crippen molar-refractivity contribution >= 4 is 21.8 Å². The third-order valence-corrected chi connectivity index (χ3v) is 8.34. The summed E-state index contributed by atoms with van der Waals surface area (Å²) in [7, 11) is -3.39. The van der Waals surface area contributed by atoms with Gasteiger partial charge in [-0.25, -0.2) is 8.42 Å². The summed E-state index contributed by atoms with van der Waals surface area (Å²) in [5.41, 5.74) is 1.99. The first-order chi connectivity index (χ1) is 12.5. The van der Waals surface area contributed by atoms with Crippen LogP contribution in [0.2, 0.25) is 0 Å². The summed E-state index contributed by atoms with van der Waals surface area (Å²) < 4.78 is 33.1. The highest BCUT2D eigenvalue weighted by molar-refractivity contribution is 8.01. The molecule has 3 heterocycles. The zero-order valence-electron chi connectivity index (χ0n) is 14.7. The zero-order valence-corrected chi connectivity index (χ0v) is 16.3. The maximum Gasteiger partial charge on any atom is 0.243 e. The second-order valence-corrected chi connectivity index (χ2v) is 10.5. The first-order valence-corrected chi connectivity index (χ1v) is 11.1. The molecule has 0 radical (unpaired) electrons. The Hall–Kier alpha value is -1.41. The van der Waals surface area contributed by atoms with E-state index in [0.717, 1.165) is 23.4 Å². The molecule has 0 bridgehead atoms. The number of hydrogen-bond donors (Lipinski definition) is 0. The molecule has 4 rings (SSSR count). The molecule has 2 aliphatic rings. The van der Waals surface area contributed by atoms with Gasteiger partial charge in [-0.1, -0.05) is 23.8 Å². The molecule has 1 spiro atoms. The normalized spacial score (nSPS) is 22.4. The molecule has 138 valence electrons. The van der Waals surface area contributed by atoms with E-state index in [1.807, 2.05) is 49.0 Å². The number of nitrogens with zero attached hydrogens (tertiary/aromatic N) is 2. The van der Waals surface area contributed by atoms with Crippen LogP contribution in [0.1, 0.15) is 17.7 Å². The third-order valence-electron chi connectivity index (χ3n) is 4.96. The summed E-state index contributed by atoms with van der Waals surface area (Å²) in [6.07, 6.45) is 2.82. The van der Waals surface area contributed by atoms with Crippen molar-refractivity contribution in [2.45, 2.75) is 35.7 Å². The number of sulfonamides is 1. The van der Waals surface area contributed by atoms with Crippen LogP contribution in [0.4, 0.5) is 0 Å². The minimum Gasteiger partial charge on any atom is -0.371 e. The minimum atomic E-state index is -3.39. The molecule has 1 atom stereocenters. The molecule has 26 heavy (non-hydrogen) atoms. The Kier molecular flexibility index (Phi) is 4.81. The third kappa shape index (κ3) is 3.53. The van der Waals surface area contributed by atoms with E-state index in [1.165, 1.54) is 0 Å². The first kappa shape index (κ1) is 18.0. The van der Waals surface area contributed by atoms with Crippen molar-refractivity contribution in [2.75, 3.05) is 18.8 Å². The highest BCUT2D eigenvalue weighted by Crippen LogP contribution is 2.47. The smallest absolute Gasteiger partial charge is 0.243 e. The Morgan fingerprint density at radius 2 is 2.00 bits per heavy atom. The minimum absolute atomic E-state index is 0.00650. The molecule has 2 aromatic rings. The lowest BCUT2D eigenvalue weighted by Gasteiger charge is -2.46. The van der Waals surface area contributed by atoms with E-state index in [9.17, 15) is 8.42 Å². The fraction of sp³-hybridized carbons (Fsp3) is 0.421. The van der Waals surface area contributed by atoms with Gasteiger partial charge in [-0.05, 0) is 37.6 Å². The Morgan fingerprint density at radius 1 is 1.23 bits per heavy atom. The van der Waals surface area contributed by atoms with Crippen LogP contribution >= 0.6 is 11.8 Å². The van der Waals surface area contributed by atoms with Gasteiger partial charge in [0.2, 0.25) is 10.0 Å². The highest BCUT2D eigenvalue weighted by Gasteiger charge is 2.53. The molecule has 7 heteroatoms. The number of thioether (sulfide) groups is 1. The molecule has 2 fully saturated rings. The number of benzene rings is 1. The van der Waals surface area contributed by atoms with Gasteiger partial charge in [-0.2, -0.15) is 4.31 Å². The summed E-state index contributed by atoms with van der Waals surface area (Å²) in [6, 6.07) is 12.9. The maximum atomic E-state index is 12.7. The summed E-state index contributed by atoms with van der Waals surface area (Å²) >= 11 is 1.84. The maximum absolute atomic E-state index is 12.7. The molecular formula is C19H22N2O3S2. The number of ether oxygens (including phenoxy) is 1. The molecule has 1 unspecified atom stereocenters. The molecule has 0 N–H and O–H groups in total. The van der Waals surface area contributed by atoms with Crippen molar-refractivity contribution in [2.24, 2.45) is 0 Å². The van der Waals surface area contributed by atoms with Gasteiger partial charge in [-0.3, -0.25) is 4.98 Å². The predicted octanol–water partition coefficient (Wildman–Crippen LogP) is 2.86. The molecular weight excluding hydrogens is 368 g/mol. The van der Waals surface area contributed by atoms with E-state index < -0.39 is 10.0 Å². The number of hydrogen-bond acceptors (Lipinski definition) is 5. The molecule has 2 aliphatic heterocycles. The first-order valence-electron chi connectivity index (χ1n) is 8.69. The van der Waals surface area contributed by atoms with Gasteiger partial charge in [0, 0.05) is 29.8 Å². The van der Waals surface area contributed by atoms with Gasteiger partial charge in [0.15, 0.2) is 0 Å². The molecule has 0 amide bonds. The van der Waals surface area contributed by atoms with Gasteiger partial charge >= 0.3 is 0 Å². The zero-order chi connectivity index (χ0) is 18.2. The Bertz CT molecular complexity index is 863. The second kappa shape index (κ2) is 6.96. The van der Waals surface area contributed by atoms with E-state index in [4.69, 9.17) is 4.74 Å². The average molecular weight is 391 g/mol. The second-order valence-electron chi connectivity index (χ2n) is 7.04. The van der Waals surface area contributed by atoms with E-state index >= 15 is 0 Å². The highest BCUT2D eigenvalue weighted by atomic mass is 32.2. The van der Waals surface area contributed by atoms with Gasteiger partial charge < -0.3 is 4.74 Å². The van der Waals surface area contributed by atoms with Crippen LogP contribution in [0, 0.1) is 6.92 Å².